The summed E-state index contributed by atoms with van der Waals surface area (Å²) in [4.78, 5) is 16.0. The third-order valence-corrected chi connectivity index (χ3v) is 9.06. The molecule has 0 spiro atoms. The van der Waals surface area contributed by atoms with Gasteiger partial charge in [-0.05, 0) is 43.3 Å². The number of carbonyl (C=O) groups excluding carboxylic acids is 1. The van der Waals surface area contributed by atoms with Gasteiger partial charge < -0.3 is 0 Å². The van der Waals surface area contributed by atoms with Crippen molar-refractivity contribution >= 4 is 38.7 Å². The van der Waals surface area contributed by atoms with E-state index < -0.39 is 10.0 Å². The molecule has 1 heterocycles. The molecule has 0 amide bonds. The molecule has 0 saturated heterocycles. The number of sulfonamides is 1. The van der Waals surface area contributed by atoms with Gasteiger partial charge in [0.1, 0.15) is 0 Å². The summed E-state index contributed by atoms with van der Waals surface area (Å²) in [5, 5.41) is -0.00442. The number of hydrogen-bond acceptors (Lipinski definition) is 6. The number of benzene rings is 2. The fourth-order valence-electron chi connectivity index (χ4n) is 3.28. The van der Waals surface area contributed by atoms with Crippen LogP contribution in [0.3, 0.4) is 0 Å². The number of thioether (sulfide) groups is 1. The highest BCUT2D eigenvalue weighted by molar-refractivity contribution is 8.13. The van der Waals surface area contributed by atoms with Crippen molar-refractivity contribution in [2.45, 2.75) is 34.6 Å². The smallest absolute Gasteiger partial charge is 0.243 e. The molecule has 0 N–H and O–H groups in total. The summed E-state index contributed by atoms with van der Waals surface area (Å²) in [7, 11) is -3.68. The number of nitrogens with zero attached hydrogens (tertiary/aromatic N) is 2. The van der Waals surface area contributed by atoms with Crippen LogP contribution in [0.2, 0.25) is 0 Å². The minimum atomic E-state index is -3.68. The van der Waals surface area contributed by atoms with Crippen LogP contribution in [0.1, 0.15) is 13.8 Å². The van der Waals surface area contributed by atoms with Gasteiger partial charge in [0.15, 0.2) is 5.12 Å². The maximum absolute atomic E-state index is 13.5. The first kappa shape index (κ1) is 24.1. The minimum absolute atomic E-state index is 0.00442. The van der Waals surface area contributed by atoms with E-state index in [4.69, 9.17) is 0 Å². The molecular weight excluding hydrogens is 448 g/mol. The van der Waals surface area contributed by atoms with Crippen LogP contribution in [0.4, 0.5) is 0 Å². The maximum Gasteiger partial charge on any atom is 0.243 e. The van der Waals surface area contributed by atoms with Gasteiger partial charge in [0.25, 0.3) is 0 Å². The van der Waals surface area contributed by atoms with Crippen molar-refractivity contribution in [2.24, 2.45) is 0 Å². The van der Waals surface area contributed by atoms with E-state index in [0.717, 1.165) is 22.9 Å². The summed E-state index contributed by atoms with van der Waals surface area (Å²) in [6, 6.07) is 16.8. The minimum Gasteiger partial charge on any atom is -0.295 e. The Morgan fingerprint density at radius 1 is 1.03 bits per heavy atom. The Morgan fingerprint density at radius 3 is 2.26 bits per heavy atom. The molecule has 0 fully saturated rings. The van der Waals surface area contributed by atoms with Crippen molar-refractivity contribution in [3.05, 3.63) is 66.7 Å². The van der Waals surface area contributed by atoms with Gasteiger partial charge in [0.05, 0.1) is 4.90 Å². The van der Waals surface area contributed by atoms with E-state index in [2.05, 4.69) is 17.1 Å². The molecule has 0 aliphatic carbocycles. The van der Waals surface area contributed by atoms with Crippen molar-refractivity contribution in [2.75, 3.05) is 31.9 Å². The van der Waals surface area contributed by atoms with Gasteiger partial charge in [-0.15, -0.1) is 0 Å². The highest BCUT2D eigenvalue weighted by Gasteiger charge is 2.29. The molecule has 0 radical (unpaired) electrons. The fourth-order valence-corrected chi connectivity index (χ4v) is 6.49. The first-order valence-corrected chi connectivity index (χ1v) is 13.5. The summed E-state index contributed by atoms with van der Waals surface area (Å²) in [5.74, 6) is 0.439. The lowest BCUT2D eigenvalue weighted by Crippen LogP contribution is -2.44. The Kier molecular flexibility index (Phi) is 8.80. The molecular formula is C23H28N2O3S3. The lowest BCUT2D eigenvalue weighted by Gasteiger charge is -2.30. The molecule has 3 rings (SSSR count). The standard InChI is InChI=1S/C23H28N2O3S3/c1-19(18-29-20(2)26)25(17-16-24-14-6-7-15-24)31(27,28)23-12-10-22(11-13-23)30-21-8-4-3-5-9-21/h3-13,19H,14-18H2,1-2H3. The topological polar surface area (TPSA) is 57.7 Å². The van der Waals surface area contributed by atoms with Crippen LogP contribution in [0.5, 0.6) is 0 Å². The van der Waals surface area contributed by atoms with Crippen LogP contribution in [-0.4, -0.2) is 60.7 Å². The van der Waals surface area contributed by atoms with Crippen LogP contribution in [0, 0.1) is 0 Å². The van der Waals surface area contributed by atoms with Crippen molar-refractivity contribution in [1.82, 2.24) is 9.21 Å². The Morgan fingerprint density at radius 2 is 1.65 bits per heavy atom. The average Bonchev–Trinajstić information content (AvgIpc) is 3.27. The van der Waals surface area contributed by atoms with E-state index in [-0.39, 0.29) is 16.1 Å². The Bertz CT molecular complexity index is 984. The molecule has 5 nitrogen and oxygen atoms in total. The molecule has 0 bridgehead atoms. The zero-order chi connectivity index (χ0) is 22.3. The monoisotopic (exact) mass is 476 g/mol. The third kappa shape index (κ3) is 6.95. The van der Waals surface area contributed by atoms with Crippen molar-refractivity contribution < 1.29 is 13.2 Å². The molecule has 1 atom stereocenters. The molecule has 8 heteroatoms. The normalized spacial score (nSPS) is 15.5. The fraction of sp³-hybridized carbons (Fsp3) is 0.348. The predicted octanol–water partition coefficient (Wildman–Crippen LogP) is 4.37. The van der Waals surface area contributed by atoms with Gasteiger partial charge in [0, 0.05) is 54.7 Å². The van der Waals surface area contributed by atoms with Crippen LogP contribution < -0.4 is 0 Å². The summed E-state index contributed by atoms with van der Waals surface area (Å²) >= 11 is 2.76. The second kappa shape index (κ2) is 11.3. The van der Waals surface area contributed by atoms with Crippen LogP contribution in [0.25, 0.3) is 0 Å². The lowest BCUT2D eigenvalue weighted by molar-refractivity contribution is -0.109. The molecule has 1 aliphatic rings. The Labute approximate surface area is 193 Å². The summed E-state index contributed by atoms with van der Waals surface area (Å²) in [6.45, 7) is 6.11. The van der Waals surface area contributed by atoms with Gasteiger partial charge >= 0.3 is 0 Å². The van der Waals surface area contributed by atoms with Crippen molar-refractivity contribution in [1.29, 1.82) is 0 Å². The maximum atomic E-state index is 13.5. The van der Waals surface area contributed by atoms with E-state index in [0.29, 0.717) is 18.8 Å². The third-order valence-electron chi connectivity index (χ3n) is 4.96. The van der Waals surface area contributed by atoms with E-state index in [9.17, 15) is 13.2 Å². The van der Waals surface area contributed by atoms with Gasteiger partial charge in [0.2, 0.25) is 10.0 Å². The van der Waals surface area contributed by atoms with E-state index in [1.807, 2.05) is 49.4 Å². The lowest BCUT2D eigenvalue weighted by atomic mass is 10.4. The van der Waals surface area contributed by atoms with Crippen molar-refractivity contribution in [3.63, 3.8) is 0 Å². The van der Waals surface area contributed by atoms with Crippen LogP contribution in [-0.2, 0) is 14.8 Å². The van der Waals surface area contributed by atoms with E-state index in [1.165, 1.54) is 18.7 Å². The van der Waals surface area contributed by atoms with Gasteiger partial charge in [-0.25, -0.2) is 8.42 Å². The predicted molar refractivity (Wildman–Crippen MR) is 129 cm³/mol. The average molecular weight is 477 g/mol. The molecule has 1 unspecified atom stereocenters. The highest BCUT2D eigenvalue weighted by atomic mass is 32.2. The van der Waals surface area contributed by atoms with E-state index >= 15 is 0 Å². The molecule has 31 heavy (non-hydrogen) atoms. The second-order valence-corrected chi connectivity index (χ2v) is 11.6. The SMILES string of the molecule is CC(=O)SCC(C)N(CCN1CC=CC1)S(=O)(=O)c1ccc(Sc2ccccc2)cc1. The van der Waals surface area contributed by atoms with Gasteiger partial charge in [-0.3, -0.25) is 9.69 Å². The number of rotatable bonds is 10. The molecule has 1 aliphatic heterocycles. The van der Waals surface area contributed by atoms with Crippen molar-refractivity contribution in [3.8, 4) is 0 Å². The summed E-state index contributed by atoms with van der Waals surface area (Å²) < 4.78 is 28.5. The first-order valence-electron chi connectivity index (χ1n) is 10.2. The summed E-state index contributed by atoms with van der Waals surface area (Å²) in [6.07, 6.45) is 4.19. The largest absolute Gasteiger partial charge is 0.295 e. The molecule has 166 valence electrons. The molecule has 0 aromatic heterocycles. The quantitative estimate of drug-likeness (QED) is 0.475. The van der Waals surface area contributed by atoms with Crippen LogP contribution in [0.15, 0.2) is 81.4 Å². The zero-order valence-corrected chi connectivity index (χ0v) is 20.3. The van der Waals surface area contributed by atoms with E-state index in [1.54, 1.807) is 28.2 Å². The summed E-state index contributed by atoms with van der Waals surface area (Å²) in [5.41, 5.74) is 0. The Balaban J connectivity index is 1.75. The van der Waals surface area contributed by atoms with Gasteiger partial charge in [-0.1, -0.05) is 53.9 Å². The Hall–Kier alpha value is -1.58. The van der Waals surface area contributed by atoms with Crippen LogP contribution >= 0.6 is 23.5 Å². The number of carbonyl (C=O) groups is 1. The first-order chi connectivity index (χ1) is 14.9. The highest BCUT2D eigenvalue weighted by Crippen LogP contribution is 2.29. The second-order valence-electron chi connectivity index (χ2n) is 7.38. The number of hydrogen-bond donors (Lipinski definition) is 0. The van der Waals surface area contributed by atoms with Gasteiger partial charge in [-0.2, -0.15) is 4.31 Å². The molecule has 0 saturated carbocycles. The molecule has 2 aromatic rings. The molecule has 2 aromatic carbocycles. The zero-order valence-electron chi connectivity index (χ0n) is 17.8.